The van der Waals surface area contributed by atoms with Crippen LogP contribution in [0.4, 0.5) is 13.2 Å². The first-order chi connectivity index (χ1) is 21.7. The van der Waals surface area contributed by atoms with Gasteiger partial charge in [0.1, 0.15) is 11.9 Å². The maximum absolute atomic E-state index is 14.2. The Balaban J connectivity index is 1.80. The summed E-state index contributed by atoms with van der Waals surface area (Å²) in [6, 6.07) is 5.85. The average molecular weight is 640 g/mol. The highest BCUT2D eigenvalue weighted by atomic mass is 19.3. The number of benzene rings is 2. The minimum absolute atomic E-state index is 0.0861. The lowest BCUT2D eigenvalue weighted by Gasteiger charge is -2.27. The van der Waals surface area contributed by atoms with E-state index in [0.717, 1.165) is 57.2 Å². The number of carbonyl (C=O) groups is 2. The standard InChI is InChI=1S/C36H44F3N3O4/c1-20(2)12-31(42-19-23(10-11-41(5)6)15-29(34(38)39)36(42)46)35(45)40-30(18-32(43)44)25-16-24-8-7-9-27(24)28(17-25)33-21(3)13-26(37)14-22(33)4/h13-17,19-20,30-31,34H,7-12,18H2,1-6H3,(H,40,45)(H,43,44)/t30-,31+/m0/s1. The van der Waals surface area contributed by atoms with Crippen molar-refractivity contribution in [1.29, 1.82) is 0 Å². The Morgan fingerprint density at radius 2 is 1.72 bits per heavy atom. The van der Waals surface area contributed by atoms with E-state index in [-0.39, 0.29) is 18.2 Å². The molecule has 10 heteroatoms. The second-order valence-electron chi connectivity index (χ2n) is 13.1. The molecule has 0 saturated heterocycles. The number of pyridine rings is 1. The summed E-state index contributed by atoms with van der Waals surface area (Å²) < 4.78 is 43.4. The molecule has 0 radical (unpaired) electrons. The van der Waals surface area contributed by atoms with Crippen LogP contribution in [0.3, 0.4) is 0 Å². The van der Waals surface area contributed by atoms with Gasteiger partial charge in [0.05, 0.1) is 18.0 Å². The van der Waals surface area contributed by atoms with Crippen molar-refractivity contribution in [2.75, 3.05) is 20.6 Å². The van der Waals surface area contributed by atoms with Crippen LogP contribution in [0.5, 0.6) is 0 Å². The summed E-state index contributed by atoms with van der Waals surface area (Å²) in [4.78, 5) is 41.5. The van der Waals surface area contributed by atoms with Crippen LogP contribution in [0, 0.1) is 25.6 Å². The summed E-state index contributed by atoms with van der Waals surface area (Å²) >= 11 is 0. The van der Waals surface area contributed by atoms with E-state index < -0.39 is 47.9 Å². The number of alkyl halides is 2. The number of nitrogens with one attached hydrogen (secondary N) is 1. The molecule has 0 bridgehead atoms. The SMILES string of the molecule is Cc1cc(F)cc(C)c1-c1cc([C@H](CC(=O)O)NC(=O)[C@@H](CC(C)C)n2cc(CCN(C)C)cc(C(F)F)c2=O)cc2c1CCC2. The van der Waals surface area contributed by atoms with Gasteiger partial charge in [-0.05, 0) is 135 Å². The molecular formula is C36H44F3N3O4. The predicted octanol–water partition coefficient (Wildman–Crippen LogP) is 6.72. The molecule has 2 atom stereocenters. The predicted molar refractivity (Wildman–Crippen MR) is 173 cm³/mol. The Labute approximate surface area is 268 Å². The lowest BCUT2D eigenvalue weighted by Crippen LogP contribution is -2.41. The second kappa shape index (κ2) is 14.7. The van der Waals surface area contributed by atoms with Crippen molar-refractivity contribution in [2.45, 2.75) is 84.7 Å². The minimum Gasteiger partial charge on any atom is -0.481 e. The maximum atomic E-state index is 14.2. The first-order valence-corrected chi connectivity index (χ1v) is 15.8. The number of rotatable bonds is 13. The van der Waals surface area contributed by atoms with Gasteiger partial charge in [0.2, 0.25) is 5.91 Å². The van der Waals surface area contributed by atoms with Gasteiger partial charge in [-0.1, -0.05) is 19.9 Å². The topological polar surface area (TPSA) is 91.6 Å². The largest absolute Gasteiger partial charge is 0.481 e. The lowest BCUT2D eigenvalue weighted by molar-refractivity contribution is -0.138. The van der Waals surface area contributed by atoms with Crippen LogP contribution in [0.15, 0.2) is 41.3 Å². The number of carboxylic acid groups (broad SMARTS) is 1. The van der Waals surface area contributed by atoms with Crippen molar-refractivity contribution < 1.29 is 27.9 Å². The molecule has 2 N–H and O–H groups in total. The van der Waals surface area contributed by atoms with Crippen LogP contribution in [-0.4, -0.2) is 47.1 Å². The van der Waals surface area contributed by atoms with E-state index in [2.05, 4.69) is 5.32 Å². The minimum atomic E-state index is -3.02. The number of carbonyl (C=O) groups excluding carboxylic acids is 1. The first kappa shape index (κ1) is 34.9. The van der Waals surface area contributed by atoms with Gasteiger partial charge >= 0.3 is 5.97 Å². The van der Waals surface area contributed by atoms with Crippen LogP contribution < -0.4 is 10.9 Å². The number of aromatic nitrogens is 1. The zero-order valence-corrected chi connectivity index (χ0v) is 27.4. The van der Waals surface area contributed by atoms with Crippen LogP contribution in [0.2, 0.25) is 0 Å². The zero-order chi connectivity index (χ0) is 33.9. The normalized spacial score (nSPS) is 14.2. The van der Waals surface area contributed by atoms with Gasteiger partial charge in [-0.2, -0.15) is 0 Å². The van der Waals surface area contributed by atoms with E-state index >= 15 is 0 Å². The molecule has 248 valence electrons. The molecule has 4 rings (SSSR count). The number of aryl methyl sites for hydroxylation is 3. The Bertz CT molecular complexity index is 1640. The summed E-state index contributed by atoms with van der Waals surface area (Å²) in [5, 5.41) is 12.8. The summed E-state index contributed by atoms with van der Waals surface area (Å²) in [6.45, 7) is 7.96. The third-order valence-electron chi connectivity index (χ3n) is 8.65. The molecule has 2 aromatic carbocycles. The highest BCUT2D eigenvalue weighted by Crippen LogP contribution is 2.39. The molecule has 0 fully saturated rings. The van der Waals surface area contributed by atoms with E-state index in [1.807, 2.05) is 58.8 Å². The molecule has 1 aliphatic carbocycles. The number of amides is 1. The quantitative estimate of drug-likeness (QED) is 0.217. The van der Waals surface area contributed by atoms with Gasteiger partial charge in [-0.3, -0.25) is 14.4 Å². The molecule has 1 heterocycles. The number of halogens is 3. The van der Waals surface area contributed by atoms with Crippen LogP contribution >= 0.6 is 0 Å². The summed E-state index contributed by atoms with van der Waals surface area (Å²) in [5.41, 5.74) is 4.90. The van der Waals surface area contributed by atoms with Crippen LogP contribution in [0.25, 0.3) is 11.1 Å². The second-order valence-corrected chi connectivity index (χ2v) is 13.1. The molecule has 7 nitrogen and oxygen atoms in total. The van der Waals surface area contributed by atoms with E-state index in [0.29, 0.717) is 24.1 Å². The van der Waals surface area contributed by atoms with Crippen molar-refractivity contribution in [3.63, 3.8) is 0 Å². The highest BCUT2D eigenvalue weighted by molar-refractivity contribution is 5.82. The number of likely N-dealkylation sites (N-methyl/N-ethyl adjacent to an activating group) is 1. The van der Waals surface area contributed by atoms with Crippen molar-refractivity contribution in [2.24, 2.45) is 5.92 Å². The molecule has 1 aromatic heterocycles. The van der Waals surface area contributed by atoms with E-state index in [4.69, 9.17) is 0 Å². The molecule has 0 unspecified atom stereocenters. The van der Waals surface area contributed by atoms with Gasteiger partial charge < -0.3 is 19.9 Å². The molecule has 0 saturated carbocycles. The number of nitrogens with zero attached hydrogens (tertiary/aromatic N) is 2. The number of fused-ring (bicyclic) bond motifs is 1. The van der Waals surface area contributed by atoms with Crippen molar-refractivity contribution in [1.82, 2.24) is 14.8 Å². The van der Waals surface area contributed by atoms with Crippen LogP contribution in [-0.2, 0) is 28.9 Å². The van der Waals surface area contributed by atoms with Crippen molar-refractivity contribution >= 4 is 11.9 Å². The highest BCUT2D eigenvalue weighted by Gasteiger charge is 2.30. The summed E-state index contributed by atoms with van der Waals surface area (Å²) in [5.74, 6) is -2.18. The van der Waals surface area contributed by atoms with Gasteiger partial charge in [0.15, 0.2) is 0 Å². The fourth-order valence-electron chi connectivity index (χ4n) is 6.54. The monoisotopic (exact) mass is 639 g/mol. The number of hydrogen-bond acceptors (Lipinski definition) is 4. The van der Waals surface area contributed by atoms with Gasteiger partial charge in [-0.25, -0.2) is 13.2 Å². The molecular weight excluding hydrogens is 595 g/mol. The Kier molecular flexibility index (Phi) is 11.1. The third-order valence-corrected chi connectivity index (χ3v) is 8.65. The summed E-state index contributed by atoms with van der Waals surface area (Å²) in [6.07, 6.45) is 1.11. The Hall–Kier alpha value is -3.92. The molecule has 3 aromatic rings. The fourth-order valence-corrected chi connectivity index (χ4v) is 6.54. The fraction of sp³-hybridized carbons (Fsp3) is 0.472. The first-order valence-electron chi connectivity index (χ1n) is 15.8. The smallest absolute Gasteiger partial charge is 0.305 e. The maximum Gasteiger partial charge on any atom is 0.305 e. The number of aliphatic carboxylic acids is 1. The third kappa shape index (κ3) is 8.07. The van der Waals surface area contributed by atoms with Gasteiger partial charge in [0.25, 0.3) is 12.0 Å². The van der Waals surface area contributed by atoms with Crippen molar-refractivity contribution in [3.05, 3.63) is 91.6 Å². The molecule has 1 amide bonds. The molecule has 0 spiro atoms. The van der Waals surface area contributed by atoms with E-state index in [1.54, 1.807) is 0 Å². The number of hydrogen-bond donors (Lipinski definition) is 2. The van der Waals surface area contributed by atoms with E-state index in [9.17, 15) is 32.7 Å². The Morgan fingerprint density at radius 1 is 1.04 bits per heavy atom. The average Bonchev–Trinajstić information content (AvgIpc) is 3.43. The summed E-state index contributed by atoms with van der Waals surface area (Å²) in [7, 11) is 3.70. The van der Waals surface area contributed by atoms with Gasteiger partial charge in [-0.15, -0.1) is 0 Å². The molecule has 1 aliphatic rings. The Morgan fingerprint density at radius 3 is 2.30 bits per heavy atom. The van der Waals surface area contributed by atoms with Gasteiger partial charge in [0, 0.05) is 12.7 Å². The van der Waals surface area contributed by atoms with Crippen LogP contribution in [0.1, 0.15) is 90.6 Å². The lowest BCUT2D eigenvalue weighted by atomic mass is 9.87. The molecule has 46 heavy (non-hydrogen) atoms. The van der Waals surface area contributed by atoms with Crippen molar-refractivity contribution in [3.8, 4) is 11.1 Å². The molecule has 0 aliphatic heterocycles. The zero-order valence-electron chi connectivity index (χ0n) is 27.4. The van der Waals surface area contributed by atoms with E-state index in [1.165, 1.54) is 24.4 Å². The number of carboxylic acids is 1.